The quantitative estimate of drug-likeness (QED) is 0.135. The lowest BCUT2D eigenvalue weighted by molar-refractivity contribution is -0.149. The molecule has 0 amide bonds. The molecule has 5 heteroatoms. The summed E-state index contributed by atoms with van der Waals surface area (Å²) in [5, 5.41) is 0.952. The Hall–Kier alpha value is -3.70. The first kappa shape index (κ1) is 35.5. The van der Waals surface area contributed by atoms with Crippen LogP contribution < -0.4 is 0 Å². The number of benzene rings is 4. The molecule has 0 N–H and O–H groups in total. The van der Waals surface area contributed by atoms with Gasteiger partial charge in [0.15, 0.2) is 0 Å². The number of carbonyl (C=O) groups is 2. The van der Waals surface area contributed by atoms with Crippen LogP contribution in [0, 0.1) is 13.8 Å². The van der Waals surface area contributed by atoms with E-state index in [0.717, 1.165) is 27.6 Å². The molecule has 4 aromatic carbocycles. The van der Waals surface area contributed by atoms with Crippen molar-refractivity contribution in [1.29, 1.82) is 0 Å². The highest BCUT2D eigenvalue weighted by atomic mass is 79.9. The number of rotatable bonds is 9. The van der Waals surface area contributed by atoms with Crippen molar-refractivity contribution < 1.29 is 19.1 Å². The normalized spacial score (nSPS) is 12.3. The van der Waals surface area contributed by atoms with Crippen molar-refractivity contribution in [3.05, 3.63) is 143 Å². The summed E-state index contributed by atoms with van der Waals surface area (Å²) >= 11 is 3.36. The fraction of sp³-hybridized carbons (Fsp3) is 0.316. The van der Waals surface area contributed by atoms with Crippen molar-refractivity contribution in [1.82, 2.24) is 0 Å². The van der Waals surface area contributed by atoms with E-state index in [1.165, 1.54) is 11.1 Å². The number of esters is 2. The van der Waals surface area contributed by atoms with Gasteiger partial charge in [0.25, 0.3) is 0 Å². The molecule has 0 saturated carbocycles. The molecule has 0 heterocycles. The predicted molar refractivity (Wildman–Crippen MR) is 181 cm³/mol. The van der Waals surface area contributed by atoms with Crippen LogP contribution in [-0.2, 0) is 36.2 Å². The third kappa shape index (κ3) is 11.8. The van der Waals surface area contributed by atoms with Crippen LogP contribution in [0.2, 0.25) is 0 Å². The standard InChI is InChI=1S/C19H22O2.C12H16O2.C7H7Br/c1-4-21-18(20)19(3,14-16-10-6-5-7-11-16)17-12-8-9-15(2)13-17;1-4-14-12(13)10(3)11-7-5-6-9(2)8-11;8-6-7-4-2-1-3-5-7/h5-13H,4,14H2,1-3H3;5-8,10H,4H2,1-3H3;1-5H,6H2. The van der Waals surface area contributed by atoms with Crippen LogP contribution in [0.3, 0.4) is 0 Å². The second-order valence-electron chi connectivity index (χ2n) is 10.6. The number of carbonyl (C=O) groups excluding carboxylic acids is 2. The first-order chi connectivity index (χ1) is 20.6. The number of hydrogen-bond donors (Lipinski definition) is 0. The Bertz CT molecular complexity index is 1390. The highest BCUT2D eigenvalue weighted by Gasteiger charge is 2.37. The first-order valence-electron chi connectivity index (χ1n) is 14.8. The summed E-state index contributed by atoms with van der Waals surface area (Å²) in [4.78, 5) is 24.0. The van der Waals surface area contributed by atoms with Gasteiger partial charge in [0.05, 0.1) is 24.5 Å². The number of ether oxygens (including phenoxy) is 2. The summed E-state index contributed by atoms with van der Waals surface area (Å²) < 4.78 is 10.3. The summed E-state index contributed by atoms with van der Waals surface area (Å²) in [7, 11) is 0. The van der Waals surface area contributed by atoms with Crippen LogP contribution in [-0.4, -0.2) is 25.2 Å². The predicted octanol–water partition coefficient (Wildman–Crippen LogP) is 9.30. The van der Waals surface area contributed by atoms with Gasteiger partial charge < -0.3 is 9.47 Å². The molecular formula is C38H45BrO4. The summed E-state index contributed by atoms with van der Waals surface area (Å²) in [6.07, 6.45) is 0.635. The van der Waals surface area contributed by atoms with Crippen molar-refractivity contribution in [2.24, 2.45) is 0 Å². The van der Waals surface area contributed by atoms with E-state index < -0.39 is 5.41 Å². The lowest BCUT2D eigenvalue weighted by Gasteiger charge is -2.28. The maximum Gasteiger partial charge on any atom is 0.316 e. The van der Waals surface area contributed by atoms with Crippen molar-refractivity contribution in [3.63, 3.8) is 0 Å². The van der Waals surface area contributed by atoms with Crippen molar-refractivity contribution >= 4 is 27.9 Å². The van der Waals surface area contributed by atoms with Crippen LogP contribution in [0.5, 0.6) is 0 Å². The minimum atomic E-state index is -0.663. The minimum absolute atomic E-state index is 0.155. The molecule has 0 saturated heterocycles. The minimum Gasteiger partial charge on any atom is -0.466 e. The highest BCUT2D eigenvalue weighted by molar-refractivity contribution is 9.08. The number of alkyl halides is 1. The van der Waals surface area contributed by atoms with E-state index in [4.69, 9.17) is 9.47 Å². The molecular weight excluding hydrogens is 600 g/mol. The van der Waals surface area contributed by atoms with E-state index in [2.05, 4.69) is 34.1 Å². The molecule has 2 unspecified atom stereocenters. The number of aryl methyl sites for hydroxylation is 2. The Morgan fingerprint density at radius 2 is 1.26 bits per heavy atom. The van der Waals surface area contributed by atoms with Crippen molar-refractivity contribution in [2.75, 3.05) is 13.2 Å². The van der Waals surface area contributed by atoms with Gasteiger partial charge in [-0.25, -0.2) is 0 Å². The average molecular weight is 646 g/mol. The Morgan fingerprint density at radius 3 is 1.74 bits per heavy atom. The van der Waals surface area contributed by atoms with Gasteiger partial charge in [-0.15, -0.1) is 0 Å². The van der Waals surface area contributed by atoms with E-state index in [0.29, 0.717) is 19.6 Å². The summed E-state index contributed by atoms with van der Waals surface area (Å²) in [6, 6.07) is 36.4. The van der Waals surface area contributed by atoms with Crippen LogP contribution >= 0.6 is 15.9 Å². The fourth-order valence-electron chi connectivity index (χ4n) is 4.48. The van der Waals surface area contributed by atoms with Gasteiger partial charge in [-0.3, -0.25) is 9.59 Å². The number of halogens is 1. The van der Waals surface area contributed by atoms with Gasteiger partial charge >= 0.3 is 11.9 Å². The fourth-order valence-corrected chi connectivity index (χ4v) is 4.86. The Kier molecular flexibility index (Phi) is 15.5. The Labute approximate surface area is 266 Å². The topological polar surface area (TPSA) is 52.6 Å². The van der Waals surface area contributed by atoms with Gasteiger partial charge in [-0.05, 0) is 70.2 Å². The third-order valence-corrected chi connectivity index (χ3v) is 7.61. The number of hydrogen-bond acceptors (Lipinski definition) is 4. The monoisotopic (exact) mass is 644 g/mol. The van der Waals surface area contributed by atoms with Gasteiger partial charge in [0.2, 0.25) is 0 Å². The molecule has 0 radical (unpaired) electrons. The van der Waals surface area contributed by atoms with Gasteiger partial charge in [-0.2, -0.15) is 0 Å². The van der Waals surface area contributed by atoms with E-state index in [9.17, 15) is 9.59 Å². The molecule has 0 bridgehead atoms. The summed E-state index contributed by atoms with van der Waals surface area (Å²) in [5.41, 5.74) is 6.13. The molecule has 228 valence electrons. The highest BCUT2D eigenvalue weighted by Crippen LogP contribution is 2.30. The van der Waals surface area contributed by atoms with Crippen LogP contribution in [0.1, 0.15) is 67.0 Å². The molecule has 4 nitrogen and oxygen atoms in total. The van der Waals surface area contributed by atoms with Gasteiger partial charge in [0.1, 0.15) is 0 Å². The molecule has 0 fully saturated rings. The second kappa shape index (κ2) is 18.8. The molecule has 0 aliphatic rings. The molecule has 0 aliphatic carbocycles. The Balaban J connectivity index is 0.000000251. The smallest absolute Gasteiger partial charge is 0.316 e. The van der Waals surface area contributed by atoms with Gasteiger partial charge in [-0.1, -0.05) is 136 Å². The van der Waals surface area contributed by atoms with Crippen molar-refractivity contribution in [3.8, 4) is 0 Å². The largest absolute Gasteiger partial charge is 0.466 e. The Morgan fingerprint density at radius 1 is 0.721 bits per heavy atom. The molecule has 0 aliphatic heterocycles. The molecule has 4 rings (SSSR count). The molecule has 0 aromatic heterocycles. The van der Waals surface area contributed by atoms with E-state index in [1.807, 2.05) is 133 Å². The summed E-state index contributed by atoms with van der Waals surface area (Å²) in [5.74, 6) is -0.493. The molecule has 0 spiro atoms. The average Bonchev–Trinajstić information content (AvgIpc) is 3.02. The lowest BCUT2D eigenvalue weighted by Crippen LogP contribution is -2.36. The van der Waals surface area contributed by atoms with E-state index in [-0.39, 0.29) is 17.9 Å². The SMILES string of the molecule is BrCc1ccccc1.CCOC(=O)C(C)(Cc1ccccc1)c1cccc(C)c1.CCOC(=O)C(C)c1cccc(C)c1. The van der Waals surface area contributed by atoms with Crippen LogP contribution in [0.25, 0.3) is 0 Å². The molecule has 2 atom stereocenters. The maximum atomic E-state index is 12.6. The third-order valence-electron chi connectivity index (χ3n) is 6.96. The zero-order valence-electron chi connectivity index (χ0n) is 26.3. The molecule has 4 aromatic rings. The molecule has 43 heavy (non-hydrogen) atoms. The van der Waals surface area contributed by atoms with Crippen LogP contribution in [0.15, 0.2) is 109 Å². The van der Waals surface area contributed by atoms with E-state index in [1.54, 1.807) is 0 Å². The van der Waals surface area contributed by atoms with E-state index >= 15 is 0 Å². The zero-order valence-corrected chi connectivity index (χ0v) is 27.9. The maximum absolute atomic E-state index is 12.6. The van der Waals surface area contributed by atoms with Crippen molar-refractivity contribution in [2.45, 2.75) is 64.6 Å². The second-order valence-corrected chi connectivity index (χ2v) is 11.2. The van der Waals surface area contributed by atoms with Gasteiger partial charge in [0, 0.05) is 5.33 Å². The summed E-state index contributed by atoms with van der Waals surface area (Å²) in [6.45, 7) is 12.4. The first-order valence-corrected chi connectivity index (χ1v) is 15.9. The van der Waals surface area contributed by atoms with Crippen LogP contribution in [0.4, 0.5) is 0 Å². The zero-order chi connectivity index (χ0) is 31.7. The lowest BCUT2D eigenvalue weighted by atomic mass is 9.77.